The van der Waals surface area contributed by atoms with E-state index < -0.39 is 23.5 Å². The topological polar surface area (TPSA) is 58.2 Å². The van der Waals surface area contributed by atoms with Crippen molar-refractivity contribution in [2.75, 3.05) is 10.6 Å². The predicted octanol–water partition coefficient (Wildman–Crippen LogP) is 5.06. The quantitative estimate of drug-likeness (QED) is 0.648. The van der Waals surface area contributed by atoms with E-state index >= 15 is 0 Å². The van der Waals surface area contributed by atoms with Crippen LogP contribution in [0.4, 0.5) is 19.5 Å². The summed E-state index contributed by atoms with van der Waals surface area (Å²) in [7, 11) is 0. The minimum atomic E-state index is -0.535. The van der Waals surface area contributed by atoms with E-state index in [9.17, 15) is 18.4 Å². The predicted molar refractivity (Wildman–Crippen MR) is 105 cm³/mol. The van der Waals surface area contributed by atoms with Gasteiger partial charge in [-0.3, -0.25) is 9.59 Å². The minimum absolute atomic E-state index is 0.0768. The molecule has 1 unspecified atom stereocenters. The number of nitrogens with one attached hydrogen (secondary N) is 2. The zero-order valence-corrected chi connectivity index (χ0v) is 15.7. The van der Waals surface area contributed by atoms with Gasteiger partial charge in [-0.05, 0) is 41.8 Å². The van der Waals surface area contributed by atoms with E-state index in [0.29, 0.717) is 21.0 Å². The summed E-state index contributed by atoms with van der Waals surface area (Å²) in [5, 5.41) is 5.87. The van der Waals surface area contributed by atoms with Crippen LogP contribution in [0.5, 0.6) is 0 Å². The monoisotopic (exact) mass is 398 g/mol. The van der Waals surface area contributed by atoms with Gasteiger partial charge in [-0.2, -0.15) is 0 Å². The number of hydrogen-bond acceptors (Lipinski definition) is 3. The lowest BCUT2D eigenvalue weighted by Crippen LogP contribution is -2.23. The van der Waals surface area contributed by atoms with Crippen molar-refractivity contribution in [1.82, 2.24) is 0 Å². The van der Waals surface area contributed by atoms with Crippen molar-refractivity contribution in [2.45, 2.75) is 19.3 Å². The van der Waals surface area contributed by atoms with Crippen LogP contribution in [0, 0.1) is 18.6 Å². The molecule has 0 fully saturated rings. The molecule has 0 saturated heterocycles. The van der Waals surface area contributed by atoms with Gasteiger partial charge in [-0.1, -0.05) is 30.3 Å². The van der Waals surface area contributed by atoms with Gasteiger partial charge < -0.3 is 10.6 Å². The van der Waals surface area contributed by atoms with E-state index in [1.165, 1.54) is 24.3 Å². The van der Waals surface area contributed by atoms with Crippen molar-refractivity contribution in [3.63, 3.8) is 0 Å². The second kappa shape index (κ2) is 7.16. The third kappa shape index (κ3) is 3.18. The molecule has 0 spiro atoms. The molecule has 2 N–H and O–H groups in total. The standard InChI is InChI=1S/C21H16F2N2O2S/c1-11-18-13(12-6-2-3-7-14(12)22)10-17(26)25-21(18)28-19(11)20(27)24-16-9-5-4-8-15(16)23/h2-9,13H,10H2,1H3,(H,24,27)(H,25,26). The van der Waals surface area contributed by atoms with Gasteiger partial charge in [-0.15, -0.1) is 11.3 Å². The molecule has 0 radical (unpaired) electrons. The summed E-state index contributed by atoms with van der Waals surface area (Å²) in [6.07, 6.45) is 0.0971. The van der Waals surface area contributed by atoms with Gasteiger partial charge >= 0.3 is 0 Å². The van der Waals surface area contributed by atoms with E-state index in [-0.39, 0.29) is 18.0 Å². The number of fused-ring (bicyclic) bond motifs is 1. The van der Waals surface area contributed by atoms with Crippen LogP contribution >= 0.6 is 11.3 Å². The molecule has 0 aliphatic carbocycles. The minimum Gasteiger partial charge on any atom is -0.319 e. The van der Waals surface area contributed by atoms with Crippen LogP contribution in [-0.4, -0.2) is 11.8 Å². The molecule has 28 heavy (non-hydrogen) atoms. The first-order chi connectivity index (χ1) is 13.5. The maximum absolute atomic E-state index is 14.4. The highest BCUT2D eigenvalue weighted by atomic mass is 32.1. The van der Waals surface area contributed by atoms with Crippen LogP contribution in [0.2, 0.25) is 0 Å². The summed E-state index contributed by atoms with van der Waals surface area (Å²) in [5.41, 5.74) is 1.88. The Kier molecular flexibility index (Phi) is 4.68. The van der Waals surface area contributed by atoms with Crippen molar-refractivity contribution in [2.24, 2.45) is 0 Å². The molecule has 1 atom stereocenters. The van der Waals surface area contributed by atoms with E-state index in [0.717, 1.165) is 16.9 Å². The number of hydrogen-bond donors (Lipinski definition) is 2. The van der Waals surface area contributed by atoms with Gasteiger partial charge in [0, 0.05) is 12.3 Å². The molecule has 0 saturated carbocycles. The number of para-hydroxylation sites is 1. The Morgan fingerprint density at radius 3 is 2.50 bits per heavy atom. The number of halogens is 2. The Balaban J connectivity index is 1.74. The number of carbonyl (C=O) groups excluding carboxylic acids is 2. The Bertz CT molecular complexity index is 1090. The van der Waals surface area contributed by atoms with Crippen LogP contribution in [0.1, 0.15) is 38.7 Å². The maximum Gasteiger partial charge on any atom is 0.266 e. The van der Waals surface area contributed by atoms with E-state index in [1.54, 1.807) is 31.2 Å². The molecular weight excluding hydrogens is 382 g/mol. The van der Waals surface area contributed by atoms with Gasteiger partial charge in [0.15, 0.2) is 0 Å². The van der Waals surface area contributed by atoms with Crippen LogP contribution in [-0.2, 0) is 4.79 Å². The number of benzene rings is 2. The van der Waals surface area contributed by atoms with E-state index in [2.05, 4.69) is 10.6 Å². The molecule has 2 heterocycles. The Labute approximate surface area is 164 Å². The summed E-state index contributed by atoms with van der Waals surface area (Å²) in [5.74, 6) is -2.11. The maximum atomic E-state index is 14.4. The highest BCUT2D eigenvalue weighted by molar-refractivity contribution is 7.18. The number of thiophene rings is 1. The summed E-state index contributed by atoms with van der Waals surface area (Å²) in [6.45, 7) is 1.76. The lowest BCUT2D eigenvalue weighted by molar-refractivity contribution is -0.116. The van der Waals surface area contributed by atoms with Crippen LogP contribution < -0.4 is 10.6 Å². The van der Waals surface area contributed by atoms with Crippen molar-refractivity contribution >= 4 is 33.8 Å². The van der Waals surface area contributed by atoms with Crippen molar-refractivity contribution < 1.29 is 18.4 Å². The Morgan fingerprint density at radius 1 is 1.11 bits per heavy atom. The fourth-order valence-corrected chi connectivity index (χ4v) is 4.67. The molecule has 3 aromatic rings. The first-order valence-electron chi connectivity index (χ1n) is 8.69. The van der Waals surface area contributed by atoms with Crippen molar-refractivity contribution in [1.29, 1.82) is 0 Å². The highest BCUT2D eigenvalue weighted by Crippen LogP contribution is 2.45. The third-order valence-corrected chi connectivity index (χ3v) is 6.02. The van der Waals surface area contributed by atoms with Gasteiger partial charge in [0.25, 0.3) is 5.91 Å². The molecule has 7 heteroatoms. The summed E-state index contributed by atoms with van der Waals surface area (Å²) in [4.78, 5) is 25.3. The first kappa shape index (κ1) is 18.3. The molecule has 0 bridgehead atoms. The summed E-state index contributed by atoms with van der Waals surface area (Å²) < 4.78 is 28.2. The molecule has 1 aliphatic heterocycles. The lowest BCUT2D eigenvalue weighted by atomic mass is 9.84. The van der Waals surface area contributed by atoms with Crippen LogP contribution in [0.3, 0.4) is 0 Å². The van der Waals surface area contributed by atoms with Crippen LogP contribution in [0.25, 0.3) is 0 Å². The van der Waals surface area contributed by atoms with Crippen molar-refractivity contribution in [3.05, 3.63) is 81.7 Å². The fourth-order valence-electron chi connectivity index (χ4n) is 3.49. The number of rotatable bonds is 3. The number of carbonyl (C=O) groups is 2. The summed E-state index contributed by atoms with van der Waals surface area (Å²) >= 11 is 1.11. The van der Waals surface area contributed by atoms with Crippen LogP contribution in [0.15, 0.2) is 48.5 Å². The molecule has 1 aromatic heterocycles. The number of amides is 2. The average Bonchev–Trinajstić information content (AvgIpc) is 3.00. The van der Waals surface area contributed by atoms with E-state index in [1.807, 2.05) is 0 Å². The van der Waals surface area contributed by atoms with Gasteiger partial charge in [0.2, 0.25) is 5.91 Å². The molecular formula is C21H16F2N2O2S. The molecule has 1 aliphatic rings. The Hall–Kier alpha value is -3.06. The fraction of sp³-hybridized carbons (Fsp3) is 0.143. The largest absolute Gasteiger partial charge is 0.319 e. The molecule has 4 rings (SSSR count). The SMILES string of the molecule is Cc1c(C(=O)Nc2ccccc2F)sc2c1C(c1ccccc1F)CC(=O)N2. The normalized spacial score (nSPS) is 15.7. The lowest BCUT2D eigenvalue weighted by Gasteiger charge is -2.24. The third-order valence-electron chi connectivity index (χ3n) is 4.79. The zero-order valence-electron chi connectivity index (χ0n) is 14.9. The summed E-state index contributed by atoms with van der Waals surface area (Å²) in [6, 6.07) is 12.2. The van der Waals surface area contributed by atoms with E-state index in [4.69, 9.17) is 0 Å². The first-order valence-corrected chi connectivity index (χ1v) is 9.50. The smallest absolute Gasteiger partial charge is 0.266 e. The van der Waals surface area contributed by atoms with Gasteiger partial charge in [0.05, 0.1) is 15.6 Å². The van der Waals surface area contributed by atoms with Crippen molar-refractivity contribution in [3.8, 4) is 0 Å². The molecule has 4 nitrogen and oxygen atoms in total. The average molecular weight is 398 g/mol. The Morgan fingerprint density at radius 2 is 1.79 bits per heavy atom. The van der Waals surface area contributed by atoms with Gasteiger partial charge in [0.1, 0.15) is 11.6 Å². The van der Waals surface area contributed by atoms with Gasteiger partial charge in [-0.25, -0.2) is 8.78 Å². The molecule has 2 aromatic carbocycles. The number of anilines is 2. The zero-order chi connectivity index (χ0) is 19.8. The second-order valence-electron chi connectivity index (χ2n) is 6.56. The molecule has 142 valence electrons. The molecule has 2 amide bonds. The highest BCUT2D eigenvalue weighted by Gasteiger charge is 2.34. The second-order valence-corrected chi connectivity index (χ2v) is 7.58.